The van der Waals surface area contributed by atoms with E-state index in [2.05, 4.69) is 27.7 Å². The standard InChI is InChI=1S/C29H38O6/c1-18(2)29-17-23(33-27(31)22-11-8-16-32-22)28(4,35-29)21-14-12-19(3)25(21)26(29)34-24(30)15-13-20-9-6-5-7-10-20/h5-7,9-10,13,15,18-19,21-23,25-26H,8,11-12,14,16-17H2,1-4H3/b15-13+/t19-,21-,22?,23-,25-,26+,28+,29-/m1/s1. The van der Waals surface area contributed by atoms with E-state index in [1.54, 1.807) is 6.08 Å². The number of carbonyl (C=O) groups excluding carboxylic acids is 2. The fourth-order valence-corrected chi connectivity index (χ4v) is 7.12. The summed E-state index contributed by atoms with van der Waals surface area (Å²) in [5.74, 6) is 0.152. The van der Waals surface area contributed by atoms with Gasteiger partial charge in [0.2, 0.25) is 0 Å². The first-order chi connectivity index (χ1) is 16.7. The van der Waals surface area contributed by atoms with E-state index in [9.17, 15) is 9.59 Å². The molecule has 0 radical (unpaired) electrons. The second-order valence-corrected chi connectivity index (χ2v) is 11.4. The summed E-state index contributed by atoms with van der Waals surface area (Å²) < 4.78 is 24.9. The highest BCUT2D eigenvalue weighted by atomic mass is 16.6. The van der Waals surface area contributed by atoms with Gasteiger partial charge in [0, 0.05) is 25.0 Å². The molecule has 1 saturated carbocycles. The molecular formula is C29H38O6. The van der Waals surface area contributed by atoms with Gasteiger partial charge in [-0.25, -0.2) is 9.59 Å². The van der Waals surface area contributed by atoms with Crippen LogP contribution in [0.3, 0.4) is 0 Å². The van der Waals surface area contributed by atoms with Crippen LogP contribution in [0.4, 0.5) is 0 Å². The van der Waals surface area contributed by atoms with Gasteiger partial charge in [0.25, 0.3) is 0 Å². The maximum atomic E-state index is 13.1. The van der Waals surface area contributed by atoms with E-state index in [4.69, 9.17) is 18.9 Å². The SMILES string of the molecule is CC(C)[C@@]12C[C@@H](OC(=O)C3CCCO3)[C@@](C)(O1)[C@@H]1CC[C@@H](C)[C@H]1[C@@H]2OC(=O)/C=C/c1ccccc1. The fourth-order valence-electron chi connectivity index (χ4n) is 7.12. The molecule has 0 amide bonds. The third-order valence-corrected chi connectivity index (χ3v) is 9.06. The summed E-state index contributed by atoms with van der Waals surface area (Å²) in [7, 11) is 0. The van der Waals surface area contributed by atoms with Gasteiger partial charge in [-0.05, 0) is 62.0 Å². The second kappa shape index (κ2) is 9.36. The molecule has 2 bridgehead atoms. The summed E-state index contributed by atoms with van der Waals surface area (Å²) in [5, 5.41) is 0. The number of fused-ring (bicyclic) bond motifs is 4. The largest absolute Gasteiger partial charge is 0.457 e. The number of ether oxygens (including phenoxy) is 4. The molecule has 35 heavy (non-hydrogen) atoms. The molecule has 1 unspecified atom stereocenters. The van der Waals surface area contributed by atoms with E-state index in [1.165, 1.54) is 6.08 Å². The van der Waals surface area contributed by atoms with Crippen LogP contribution in [0.5, 0.6) is 0 Å². The molecule has 190 valence electrons. The van der Waals surface area contributed by atoms with Crippen molar-refractivity contribution in [2.24, 2.45) is 23.7 Å². The zero-order chi connectivity index (χ0) is 24.8. The van der Waals surface area contributed by atoms with Gasteiger partial charge in [0.1, 0.15) is 23.4 Å². The van der Waals surface area contributed by atoms with Crippen LogP contribution in [0.25, 0.3) is 6.08 Å². The van der Waals surface area contributed by atoms with Crippen molar-refractivity contribution in [2.45, 2.75) is 89.3 Å². The number of benzene rings is 1. The molecule has 3 saturated heterocycles. The molecule has 0 aromatic heterocycles. The van der Waals surface area contributed by atoms with Crippen molar-refractivity contribution in [1.29, 1.82) is 0 Å². The average molecular weight is 483 g/mol. The lowest BCUT2D eigenvalue weighted by Crippen LogP contribution is -2.62. The van der Waals surface area contributed by atoms with Gasteiger partial charge >= 0.3 is 11.9 Å². The summed E-state index contributed by atoms with van der Waals surface area (Å²) in [4.78, 5) is 26.0. The lowest BCUT2D eigenvalue weighted by Gasteiger charge is -2.52. The average Bonchev–Trinajstić information content (AvgIpc) is 3.56. The summed E-state index contributed by atoms with van der Waals surface area (Å²) in [5.41, 5.74) is -0.354. The summed E-state index contributed by atoms with van der Waals surface area (Å²) >= 11 is 0. The van der Waals surface area contributed by atoms with E-state index in [0.29, 0.717) is 25.4 Å². The highest BCUT2D eigenvalue weighted by Crippen LogP contribution is 2.63. The number of hydrogen-bond acceptors (Lipinski definition) is 6. The Morgan fingerprint density at radius 2 is 1.89 bits per heavy atom. The summed E-state index contributed by atoms with van der Waals surface area (Å²) in [6, 6.07) is 9.73. The first kappa shape index (κ1) is 24.5. The Morgan fingerprint density at radius 1 is 1.11 bits per heavy atom. The quantitative estimate of drug-likeness (QED) is 0.422. The molecule has 4 aliphatic rings. The van der Waals surface area contributed by atoms with Crippen molar-refractivity contribution in [3.63, 3.8) is 0 Å². The maximum absolute atomic E-state index is 13.1. The zero-order valence-corrected chi connectivity index (χ0v) is 21.3. The molecular weight excluding hydrogens is 444 g/mol. The minimum atomic E-state index is -0.702. The van der Waals surface area contributed by atoms with Crippen molar-refractivity contribution in [1.82, 2.24) is 0 Å². The monoisotopic (exact) mass is 482 g/mol. The Hall–Kier alpha value is -2.18. The summed E-state index contributed by atoms with van der Waals surface area (Å²) in [6.45, 7) is 9.19. The Morgan fingerprint density at radius 3 is 2.57 bits per heavy atom. The third-order valence-electron chi connectivity index (χ3n) is 9.06. The molecule has 4 fully saturated rings. The van der Waals surface area contributed by atoms with Crippen molar-refractivity contribution in [3.05, 3.63) is 42.0 Å². The molecule has 1 aromatic carbocycles. The van der Waals surface area contributed by atoms with Crippen molar-refractivity contribution < 1.29 is 28.5 Å². The number of esters is 2. The highest BCUT2D eigenvalue weighted by Gasteiger charge is 2.72. The first-order valence-electron chi connectivity index (χ1n) is 13.2. The second-order valence-electron chi connectivity index (χ2n) is 11.4. The van der Waals surface area contributed by atoms with Gasteiger partial charge in [0.05, 0.1) is 0 Å². The van der Waals surface area contributed by atoms with Crippen LogP contribution in [0.15, 0.2) is 36.4 Å². The minimum absolute atomic E-state index is 0.0814. The molecule has 3 aliphatic heterocycles. The van der Waals surface area contributed by atoms with Gasteiger partial charge in [-0.1, -0.05) is 51.1 Å². The predicted octanol–water partition coefficient (Wildman–Crippen LogP) is 4.95. The Balaban J connectivity index is 1.43. The van der Waals surface area contributed by atoms with Crippen LogP contribution in [-0.2, 0) is 28.5 Å². The van der Waals surface area contributed by atoms with E-state index < -0.39 is 23.4 Å². The van der Waals surface area contributed by atoms with E-state index in [1.807, 2.05) is 30.3 Å². The molecule has 1 aliphatic carbocycles. The van der Waals surface area contributed by atoms with Gasteiger partial charge in [-0.2, -0.15) is 0 Å². The zero-order valence-electron chi connectivity index (χ0n) is 21.3. The molecule has 1 aromatic rings. The first-order valence-corrected chi connectivity index (χ1v) is 13.2. The molecule has 5 rings (SSSR count). The Labute approximate surface area is 208 Å². The molecule has 3 heterocycles. The van der Waals surface area contributed by atoms with Crippen LogP contribution in [0.2, 0.25) is 0 Å². The van der Waals surface area contributed by atoms with Crippen molar-refractivity contribution >= 4 is 18.0 Å². The topological polar surface area (TPSA) is 71.1 Å². The van der Waals surface area contributed by atoms with Crippen LogP contribution in [-0.4, -0.2) is 48.1 Å². The van der Waals surface area contributed by atoms with Crippen LogP contribution in [0.1, 0.15) is 65.4 Å². The molecule has 6 heteroatoms. The fraction of sp³-hybridized carbons (Fsp3) is 0.655. The van der Waals surface area contributed by atoms with Crippen LogP contribution >= 0.6 is 0 Å². The van der Waals surface area contributed by atoms with Gasteiger partial charge in [-0.3, -0.25) is 0 Å². The molecule has 8 atom stereocenters. The lowest BCUT2D eigenvalue weighted by atomic mass is 9.69. The normalized spacial score (nSPS) is 40.3. The van der Waals surface area contributed by atoms with Crippen molar-refractivity contribution in [3.8, 4) is 0 Å². The number of rotatable bonds is 6. The molecule has 6 nitrogen and oxygen atoms in total. The van der Waals surface area contributed by atoms with Crippen molar-refractivity contribution in [2.75, 3.05) is 6.61 Å². The summed E-state index contributed by atoms with van der Waals surface area (Å²) in [6.07, 6.45) is 6.16. The minimum Gasteiger partial charge on any atom is -0.457 e. The maximum Gasteiger partial charge on any atom is 0.335 e. The van der Waals surface area contributed by atoms with Gasteiger partial charge in [0.15, 0.2) is 6.10 Å². The highest BCUT2D eigenvalue weighted by molar-refractivity contribution is 5.87. The van der Waals surface area contributed by atoms with E-state index >= 15 is 0 Å². The Bertz CT molecular complexity index is 967. The van der Waals surface area contributed by atoms with Crippen LogP contribution in [0, 0.1) is 23.7 Å². The number of carbonyl (C=O) groups is 2. The van der Waals surface area contributed by atoms with Gasteiger partial charge in [-0.15, -0.1) is 0 Å². The predicted molar refractivity (Wildman–Crippen MR) is 131 cm³/mol. The van der Waals surface area contributed by atoms with Gasteiger partial charge < -0.3 is 18.9 Å². The Kier molecular flexibility index (Phi) is 6.56. The number of hydrogen-bond donors (Lipinski definition) is 0. The smallest absolute Gasteiger partial charge is 0.335 e. The molecule has 0 N–H and O–H groups in total. The van der Waals surface area contributed by atoms with E-state index in [0.717, 1.165) is 24.8 Å². The van der Waals surface area contributed by atoms with Crippen LogP contribution < -0.4 is 0 Å². The lowest BCUT2D eigenvalue weighted by molar-refractivity contribution is -0.265. The molecule has 0 spiro atoms. The van der Waals surface area contributed by atoms with E-state index in [-0.39, 0.29) is 35.8 Å². The third kappa shape index (κ3) is 4.23.